The summed E-state index contributed by atoms with van der Waals surface area (Å²) in [5.74, 6) is -1.54. The number of carboxylic acids is 1. The molecule has 1 aliphatic heterocycles. The summed E-state index contributed by atoms with van der Waals surface area (Å²) in [7, 11) is 0. The van der Waals surface area contributed by atoms with E-state index in [1.807, 2.05) is 42.5 Å². The van der Waals surface area contributed by atoms with Gasteiger partial charge in [0.15, 0.2) is 0 Å². The Kier molecular flexibility index (Phi) is 5.21. The monoisotopic (exact) mass is 363 g/mol. The van der Waals surface area contributed by atoms with Gasteiger partial charge >= 0.3 is 5.97 Å². The van der Waals surface area contributed by atoms with Gasteiger partial charge in [0.25, 0.3) is 0 Å². The summed E-state index contributed by atoms with van der Waals surface area (Å²) < 4.78 is 0.716. The molecule has 2 atom stereocenters. The minimum Gasteiger partial charge on any atom is -0.481 e. The molecule has 0 bridgehead atoms. The zero-order chi connectivity index (χ0) is 17.1. The standard InChI is InChI=1S/C18H18ClNO3S/c19-16-8-6-13(24-16)7-9-17(21)20-10-14(15(11-20)18(22)23)12-4-2-1-3-5-12/h1-6,8,14-15H,7,9-11H2,(H,22,23)/t14-,15-/m1/s1. The Morgan fingerprint density at radius 3 is 2.54 bits per heavy atom. The molecular weight excluding hydrogens is 346 g/mol. The molecule has 0 saturated carbocycles. The first-order chi connectivity index (χ1) is 11.5. The number of halogens is 1. The van der Waals surface area contributed by atoms with Crippen LogP contribution in [0.3, 0.4) is 0 Å². The van der Waals surface area contributed by atoms with Gasteiger partial charge in [-0.3, -0.25) is 9.59 Å². The topological polar surface area (TPSA) is 57.6 Å². The van der Waals surface area contributed by atoms with E-state index in [1.165, 1.54) is 11.3 Å². The van der Waals surface area contributed by atoms with Crippen LogP contribution >= 0.6 is 22.9 Å². The number of hydrogen-bond acceptors (Lipinski definition) is 3. The van der Waals surface area contributed by atoms with Crippen LogP contribution < -0.4 is 0 Å². The van der Waals surface area contributed by atoms with E-state index in [2.05, 4.69) is 0 Å². The van der Waals surface area contributed by atoms with Crippen LogP contribution in [0.25, 0.3) is 0 Å². The lowest BCUT2D eigenvalue weighted by Gasteiger charge is -2.16. The molecule has 1 aliphatic rings. The minimum atomic E-state index is -0.843. The molecule has 1 N–H and O–H groups in total. The number of aliphatic carboxylic acids is 1. The highest BCUT2D eigenvalue weighted by Crippen LogP contribution is 2.33. The first-order valence-electron chi connectivity index (χ1n) is 7.84. The van der Waals surface area contributed by atoms with Gasteiger partial charge in [-0.1, -0.05) is 41.9 Å². The van der Waals surface area contributed by atoms with Crippen molar-refractivity contribution in [2.24, 2.45) is 5.92 Å². The second-order valence-electron chi connectivity index (χ2n) is 5.97. The first kappa shape index (κ1) is 17.0. The largest absolute Gasteiger partial charge is 0.481 e. The quantitative estimate of drug-likeness (QED) is 0.881. The second-order valence-corrected chi connectivity index (χ2v) is 7.77. The van der Waals surface area contributed by atoms with Crippen molar-refractivity contribution in [2.45, 2.75) is 18.8 Å². The molecule has 0 aliphatic carbocycles. The summed E-state index contributed by atoms with van der Waals surface area (Å²) in [5, 5.41) is 9.50. The molecule has 3 rings (SSSR count). The SMILES string of the molecule is O=C(O)[C@@H]1CN(C(=O)CCc2ccc(Cl)s2)C[C@@H]1c1ccccc1. The Morgan fingerprint density at radius 2 is 1.92 bits per heavy atom. The fourth-order valence-electron chi connectivity index (χ4n) is 3.17. The average Bonchev–Trinajstić information content (AvgIpc) is 3.20. The molecule has 0 radical (unpaired) electrons. The number of rotatable bonds is 5. The summed E-state index contributed by atoms with van der Waals surface area (Å²) in [5.41, 5.74) is 0.977. The zero-order valence-electron chi connectivity index (χ0n) is 13.0. The van der Waals surface area contributed by atoms with Crippen molar-refractivity contribution in [3.63, 3.8) is 0 Å². The number of thiophene rings is 1. The van der Waals surface area contributed by atoms with Crippen molar-refractivity contribution in [1.82, 2.24) is 4.90 Å². The Morgan fingerprint density at radius 1 is 1.17 bits per heavy atom. The number of carboxylic acid groups (broad SMARTS) is 1. The van der Waals surface area contributed by atoms with Crippen LogP contribution in [0.2, 0.25) is 4.34 Å². The third-order valence-electron chi connectivity index (χ3n) is 4.43. The van der Waals surface area contributed by atoms with Crippen LogP contribution in [-0.2, 0) is 16.0 Å². The van der Waals surface area contributed by atoms with Gasteiger partial charge in [0.05, 0.1) is 10.3 Å². The van der Waals surface area contributed by atoms with Crippen LogP contribution in [0.1, 0.15) is 22.8 Å². The fourth-order valence-corrected chi connectivity index (χ4v) is 4.26. The van der Waals surface area contributed by atoms with Crippen molar-refractivity contribution in [2.75, 3.05) is 13.1 Å². The molecule has 1 fully saturated rings. The molecule has 1 aromatic heterocycles. The predicted octanol–water partition coefficient (Wildman–Crippen LogP) is 3.66. The van der Waals surface area contributed by atoms with Crippen molar-refractivity contribution in [3.05, 3.63) is 57.2 Å². The van der Waals surface area contributed by atoms with Crippen LogP contribution in [-0.4, -0.2) is 35.0 Å². The van der Waals surface area contributed by atoms with Gasteiger partial charge in [0.1, 0.15) is 0 Å². The number of likely N-dealkylation sites (tertiary alicyclic amines) is 1. The Hall–Kier alpha value is -1.85. The molecule has 1 amide bonds. The smallest absolute Gasteiger partial charge is 0.308 e. The molecule has 6 heteroatoms. The van der Waals surface area contributed by atoms with Crippen LogP contribution in [0.4, 0.5) is 0 Å². The molecule has 2 aromatic rings. The number of hydrogen-bond donors (Lipinski definition) is 1. The van der Waals surface area contributed by atoms with E-state index in [-0.39, 0.29) is 18.4 Å². The first-order valence-corrected chi connectivity index (χ1v) is 9.04. The predicted molar refractivity (Wildman–Crippen MR) is 94.5 cm³/mol. The van der Waals surface area contributed by atoms with E-state index >= 15 is 0 Å². The lowest BCUT2D eigenvalue weighted by atomic mass is 9.89. The molecule has 24 heavy (non-hydrogen) atoms. The normalized spacial score (nSPS) is 20.3. The number of carbonyl (C=O) groups is 2. The lowest BCUT2D eigenvalue weighted by molar-refractivity contribution is -0.141. The maximum absolute atomic E-state index is 12.5. The van der Waals surface area contributed by atoms with Crippen molar-refractivity contribution >= 4 is 34.8 Å². The van der Waals surface area contributed by atoms with E-state index < -0.39 is 11.9 Å². The molecule has 1 aromatic carbocycles. The van der Waals surface area contributed by atoms with E-state index in [0.29, 0.717) is 23.7 Å². The van der Waals surface area contributed by atoms with E-state index in [1.54, 1.807) is 4.90 Å². The zero-order valence-corrected chi connectivity index (χ0v) is 14.6. The van der Waals surface area contributed by atoms with Gasteiger partial charge in [-0.25, -0.2) is 0 Å². The summed E-state index contributed by atoms with van der Waals surface area (Å²) in [6, 6.07) is 13.3. The molecule has 2 heterocycles. The van der Waals surface area contributed by atoms with Crippen molar-refractivity contribution < 1.29 is 14.7 Å². The highest BCUT2D eigenvalue weighted by Gasteiger charge is 2.40. The average molecular weight is 364 g/mol. The van der Waals surface area contributed by atoms with E-state index in [0.717, 1.165) is 10.4 Å². The van der Waals surface area contributed by atoms with Gasteiger partial charge in [0, 0.05) is 30.3 Å². The third-order valence-corrected chi connectivity index (χ3v) is 5.72. The number of carbonyl (C=O) groups excluding carboxylic acids is 1. The molecule has 126 valence electrons. The fraction of sp³-hybridized carbons (Fsp3) is 0.333. The van der Waals surface area contributed by atoms with Gasteiger partial charge < -0.3 is 10.0 Å². The molecule has 0 unspecified atom stereocenters. The van der Waals surface area contributed by atoms with Crippen molar-refractivity contribution in [1.29, 1.82) is 0 Å². The lowest BCUT2D eigenvalue weighted by Crippen LogP contribution is -2.30. The van der Waals surface area contributed by atoms with Gasteiger partial charge in [-0.2, -0.15) is 0 Å². The molecule has 4 nitrogen and oxygen atoms in total. The van der Waals surface area contributed by atoms with Gasteiger partial charge in [-0.15, -0.1) is 11.3 Å². The highest BCUT2D eigenvalue weighted by molar-refractivity contribution is 7.16. The molecule has 0 spiro atoms. The van der Waals surface area contributed by atoms with Crippen molar-refractivity contribution in [3.8, 4) is 0 Å². The van der Waals surface area contributed by atoms with Gasteiger partial charge in [0.2, 0.25) is 5.91 Å². The minimum absolute atomic E-state index is 0.00389. The third kappa shape index (κ3) is 3.79. The van der Waals surface area contributed by atoms with E-state index in [4.69, 9.17) is 11.6 Å². The number of benzene rings is 1. The summed E-state index contributed by atoms with van der Waals surface area (Å²) in [6.07, 6.45) is 1.02. The van der Waals surface area contributed by atoms with Crippen LogP contribution in [0.15, 0.2) is 42.5 Å². The maximum atomic E-state index is 12.5. The maximum Gasteiger partial charge on any atom is 0.308 e. The number of nitrogens with zero attached hydrogens (tertiary/aromatic N) is 1. The van der Waals surface area contributed by atoms with Crippen LogP contribution in [0, 0.1) is 5.92 Å². The van der Waals surface area contributed by atoms with Gasteiger partial charge in [-0.05, 0) is 24.1 Å². The Bertz CT molecular complexity index is 731. The van der Waals surface area contributed by atoms with Crippen LogP contribution in [0.5, 0.6) is 0 Å². The summed E-state index contributed by atoms with van der Waals surface area (Å²) >= 11 is 7.38. The Labute approximate surface area is 149 Å². The number of amides is 1. The molecule has 1 saturated heterocycles. The van der Waals surface area contributed by atoms with E-state index in [9.17, 15) is 14.7 Å². The Balaban J connectivity index is 1.66. The highest BCUT2D eigenvalue weighted by atomic mass is 35.5. The second kappa shape index (κ2) is 7.36. The summed E-state index contributed by atoms with van der Waals surface area (Å²) in [4.78, 5) is 26.8. The molecular formula is C18H18ClNO3S. The summed E-state index contributed by atoms with van der Waals surface area (Å²) in [6.45, 7) is 0.740. The number of aryl methyl sites for hydroxylation is 1.